The lowest BCUT2D eigenvalue weighted by Gasteiger charge is -2.25. The van der Waals surface area contributed by atoms with Crippen molar-refractivity contribution in [2.45, 2.75) is 64.7 Å². The van der Waals surface area contributed by atoms with Crippen LogP contribution in [0.2, 0.25) is 0 Å². The SMILES string of the molecule is CC(C)C(N)C(=O)NC(CC(=O)O)C(=O)NC(CC(N)=O)C(=O)NC(C(=O)O)C(C)C. The maximum Gasteiger partial charge on any atom is 0.326 e. The molecule has 31 heavy (non-hydrogen) atoms. The zero-order valence-electron chi connectivity index (χ0n) is 17.9. The highest BCUT2D eigenvalue weighted by Gasteiger charge is 2.33. The summed E-state index contributed by atoms with van der Waals surface area (Å²) >= 11 is 0. The molecule has 0 aromatic carbocycles. The Labute approximate surface area is 179 Å². The summed E-state index contributed by atoms with van der Waals surface area (Å²) in [5.41, 5.74) is 10.8. The molecule has 13 nitrogen and oxygen atoms in total. The van der Waals surface area contributed by atoms with Crippen LogP contribution in [0.4, 0.5) is 0 Å². The predicted molar refractivity (Wildman–Crippen MR) is 107 cm³/mol. The van der Waals surface area contributed by atoms with Crippen molar-refractivity contribution in [3.63, 3.8) is 0 Å². The van der Waals surface area contributed by atoms with Gasteiger partial charge in [0.2, 0.25) is 23.6 Å². The van der Waals surface area contributed by atoms with E-state index in [0.29, 0.717) is 0 Å². The molecule has 0 saturated heterocycles. The van der Waals surface area contributed by atoms with E-state index in [2.05, 4.69) is 16.0 Å². The first-order valence-electron chi connectivity index (χ1n) is 9.56. The van der Waals surface area contributed by atoms with Crippen LogP contribution in [0.15, 0.2) is 0 Å². The molecule has 0 radical (unpaired) electrons. The Kier molecular flexibility index (Phi) is 11.2. The van der Waals surface area contributed by atoms with Crippen LogP contribution in [0.25, 0.3) is 0 Å². The van der Waals surface area contributed by atoms with Gasteiger partial charge in [0.1, 0.15) is 18.1 Å². The van der Waals surface area contributed by atoms with E-state index >= 15 is 0 Å². The van der Waals surface area contributed by atoms with Crippen molar-refractivity contribution in [3.8, 4) is 0 Å². The Balaban J connectivity index is 5.56. The highest BCUT2D eigenvalue weighted by atomic mass is 16.4. The summed E-state index contributed by atoms with van der Waals surface area (Å²) in [6, 6.07) is -5.51. The molecule has 4 amide bonds. The van der Waals surface area contributed by atoms with Crippen molar-refractivity contribution in [2.75, 3.05) is 0 Å². The van der Waals surface area contributed by atoms with Crippen LogP contribution in [0.3, 0.4) is 0 Å². The first kappa shape index (κ1) is 27.8. The number of nitrogens with two attached hydrogens (primary N) is 2. The van der Waals surface area contributed by atoms with Crippen LogP contribution < -0.4 is 27.4 Å². The minimum atomic E-state index is -1.60. The van der Waals surface area contributed by atoms with Crippen molar-refractivity contribution >= 4 is 35.6 Å². The first-order valence-corrected chi connectivity index (χ1v) is 9.56. The van der Waals surface area contributed by atoms with Crippen molar-refractivity contribution in [1.29, 1.82) is 0 Å². The van der Waals surface area contributed by atoms with Gasteiger partial charge in [-0.25, -0.2) is 4.79 Å². The van der Waals surface area contributed by atoms with E-state index in [4.69, 9.17) is 16.6 Å². The number of aliphatic carboxylic acids is 2. The zero-order valence-corrected chi connectivity index (χ0v) is 17.9. The summed E-state index contributed by atoms with van der Waals surface area (Å²) in [6.07, 6.45) is -1.50. The lowest BCUT2D eigenvalue weighted by atomic mass is 10.0. The Morgan fingerprint density at radius 1 is 0.742 bits per heavy atom. The Morgan fingerprint density at radius 3 is 1.58 bits per heavy atom. The fraction of sp³-hybridized carbons (Fsp3) is 0.667. The van der Waals surface area contributed by atoms with Crippen molar-refractivity contribution in [2.24, 2.45) is 23.3 Å². The van der Waals surface area contributed by atoms with E-state index in [-0.39, 0.29) is 5.92 Å². The van der Waals surface area contributed by atoms with Crippen LogP contribution in [0.1, 0.15) is 40.5 Å². The number of hydrogen-bond donors (Lipinski definition) is 7. The summed E-state index contributed by atoms with van der Waals surface area (Å²) in [5.74, 6) is -7.40. The Bertz CT molecular complexity index is 709. The van der Waals surface area contributed by atoms with Gasteiger partial charge in [-0.1, -0.05) is 27.7 Å². The molecule has 0 fully saturated rings. The van der Waals surface area contributed by atoms with Crippen LogP contribution in [-0.4, -0.2) is 69.9 Å². The molecule has 0 aromatic heterocycles. The molecule has 13 heteroatoms. The Hall–Kier alpha value is -3.22. The minimum absolute atomic E-state index is 0.300. The molecule has 0 spiro atoms. The smallest absolute Gasteiger partial charge is 0.326 e. The van der Waals surface area contributed by atoms with Crippen LogP contribution in [-0.2, 0) is 28.8 Å². The topological polar surface area (TPSA) is 231 Å². The van der Waals surface area contributed by atoms with E-state index in [1.165, 1.54) is 13.8 Å². The van der Waals surface area contributed by atoms with Gasteiger partial charge in [0.15, 0.2) is 0 Å². The molecule has 0 bridgehead atoms. The second-order valence-corrected chi connectivity index (χ2v) is 7.73. The third-order valence-corrected chi connectivity index (χ3v) is 4.30. The van der Waals surface area contributed by atoms with Gasteiger partial charge < -0.3 is 37.6 Å². The second kappa shape index (κ2) is 12.5. The van der Waals surface area contributed by atoms with Crippen molar-refractivity contribution in [1.82, 2.24) is 16.0 Å². The number of carbonyl (C=O) groups excluding carboxylic acids is 4. The third kappa shape index (κ3) is 9.89. The molecule has 9 N–H and O–H groups in total. The van der Waals surface area contributed by atoms with E-state index in [0.717, 1.165) is 0 Å². The van der Waals surface area contributed by atoms with Crippen LogP contribution in [0.5, 0.6) is 0 Å². The molecule has 0 saturated carbocycles. The average Bonchev–Trinajstić information content (AvgIpc) is 2.62. The van der Waals surface area contributed by atoms with E-state index in [1.807, 2.05) is 0 Å². The van der Waals surface area contributed by atoms with Gasteiger partial charge in [-0.05, 0) is 11.8 Å². The third-order valence-electron chi connectivity index (χ3n) is 4.30. The summed E-state index contributed by atoms with van der Waals surface area (Å²) in [5, 5.41) is 24.8. The summed E-state index contributed by atoms with van der Waals surface area (Å²) in [6.45, 7) is 6.38. The fourth-order valence-electron chi connectivity index (χ4n) is 2.40. The van der Waals surface area contributed by atoms with Crippen LogP contribution >= 0.6 is 0 Å². The molecular weight excluding hydrogens is 414 g/mol. The van der Waals surface area contributed by atoms with Gasteiger partial charge in [0, 0.05) is 0 Å². The lowest BCUT2D eigenvalue weighted by Crippen LogP contribution is -2.58. The predicted octanol–water partition coefficient (Wildman–Crippen LogP) is -2.49. The summed E-state index contributed by atoms with van der Waals surface area (Å²) < 4.78 is 0. The van der Waals surface area contributed by atoms with Crippen molar-refractivity contribution in [3.05, 3.63) is 0 Å². The number of carboxylic acids is 2. The average molecular weight is 445 g/mol. The van der Waals surface area contributed by atoms with E-state index in [1.54, 1.807) is 13.8 Å². The highest BCUT2D eigenvalue weighted by molar-refractivity contribution is 5.97. The number of hydrogen-bond acceptors (Lipinski definition) is 7. The molecule has 0 aliphatic heterocycles. The monoisotopic (exact) mass is 445 g/mol. The van der Waals surface area contributed by atoms with Gasteiger partial charge in [0.05, 0.1) is 18.9 Å². The van der Waals surface area contributed by atoms with E-state index in [9.17, 15) is 33.9 Å². The zero-order chi connectivity index (χ0) is 24.5. The minimum Gasteiger partial charge on any atom is -0.481 e. The lowest BCUT2D eigenvalue weighted by molar-refractivity contribution is -0.144. The molecule has 4 atom stereocenters. The molecule has 0 heterocycles. The first-order chi connectivity index (χ1) is 14.2. The molecule has 0 aliphatic carbocycles. The van der Waals surface area contributed by atoms with Gasteiger partial charge in [-0.2, -0.15) is 0 Å². The van der Waals surface area contributed by atoms with Gasteiger partial charge >= 0.3 is 11.9 Å². The molecule has 0 aliphatic rings. The van der Waals surface area contributed by atoms with Crippen molar-refractivity contribution < 1.29 is 39.0 Å². The number of amides is 4. The number of nitrogens with one attached hydrogen (secondary N) is 3. The summed E-state index contributed by atoms with van der Waals surface area (Å²) in [4.78, 5) is 70.9. The van der Waals surface area contributed by atoms with Gasteiger partial charge in [-0.3, -0.25) is 24.0 Å². The van der Waals surface area contributed by atoms with Crippen LogP contribution in [0, 0.1) is 11.8 Å². The highest BCUT2D eigenvalue weighted by Crippen LogP contribution is 2.05. The number of carboxylic acid groups (broad SMARTS) is 2. The van der Waals surface area contributed by atoms with Gasteiger partial charge in [0.25, 0.3) is 0 Å². The maximum atomic E-state index is 12.6. The molecular formula is C18H31N5O8. The number of primary amides is 1. The molecule has 4 unspecified atom stereocenters. The Morgan fingerprint density at radius 2 is 1.19 bits per heavy atom. The summed E-state index contributed by atoms with van der Waals surface area (Å²) in [7, 11) is 0. The number of carbonyl (C=O) groups is 6. The second-order valence-electron chi connectivity index (χ2n) is 7.73. The largest absolute Gasteiger partial charge is 0.481 e. The normalized spacial score (nSPS) is 14.8. The molecule has 0 rings (SSSR count). The number of rotatable bonds is 13. The fourth-order valence-corrected chi connectivity index (χ4v) is 2.40. The molecule has 0 aromatic rings. The quantitative estimate of drug-likeness (QED) is 0.159. The molecule has 176 valence electrons. The van der Waals surface area contributed by atoms with Gasteiger partial charge in [-0.15, -0.1) is 0 Å². The maximum absolute atomic E-state index is 12.6. The standard InChI is InChI=1S/C18H31N5O8/c1-7(2)13(20)17(29)22-10(6-12(25)26)15(27)21-9(5-11(19)24)16(28)23-14(8(3)4)18(30)31/h7-10,13-14H,5-6,20H2,1-4H3,(H2,19,24)(H,21,27)(H,22,29)(H,23,28)(H,25,26)(H,30,31). The van der Waals surface area contributed by atoms with E-state index < -0.39 is 78.5 Å².